The van der Waals surface area contributed by atoms with Crippen molar-refractivity contribution >= 4 is 23.8 Å². The lowest BCUT2D eigenvalue weighted by molar-refractivity contribution is -0.139. The van der Waals surface area contributed by atoms with Gasteiger partial charge in [0.25, 0.3) is 0 Å². The number of carbonyl (C=O) groups is 2. The third-order valence-electron chi connectivity index (χ3n) is 4.09. The van der Waals surface area contributed by atoms with Gasteiger partial charge in [0.05, 0.1) is 25.3 Å². The van der Waals surface area contributed by atoms with Gasteiger partial charge in [-0.2, -0.15) is 5.10 Å². The molecule has 1 aromatic heterocycles. The lowest BCUT2D eigenvalue weighted by atomic mass is 9.95. The Labute approximate surface area is 166 Å². The van der Waals surface area contributed by atoms with Gasteiger partial charge < -0.3 is 20.1 Å². The summed E-state index contributed by atoms with van der Waals surface area (Å²) >= 11 is 1.36. The van der Waals surface area contributed by atoms with Crippen LogP contribution in [0.15, 0.2) is 47.0 Å². The minimum absolute atomic E-state index is 0.227. The lowest BCUT2D eigenvalue weighted by Crippen LogP contribution is -2.46. The van der Waals surface area contributed by atoms with Crippen molar-refractivity contribution in [1.29, 1.82) is 0 Å². The van der Waals surface area contributed by atoms with Crippen molar-refractivity contribution in [2.45, 2.75) is 18.1 Å². The average Bonchev–Trinajstić information content (AvgIpc) is 3.10. The van der Waals surface area contributed by atoms with Crippen molar-refractivity contribution in [3.05, 3.63) is 47.4 Å². The molecule has 2 amide bonds. The van der Waals surface area contributed by atoms with Gasteiger partial charge in [-0.1, -0.05) is 23.9 Å². The Morgan fingerprint density at radius 3 is 2.89 bits per heavy atom. The van der Waals surface area contributed by atoms with Crippen LogP contribution in [0.25, 0.3) is 0 Å². The predicted molar refractivity (Wildman–Crippen MR) is 103 cm³/mol. The summed E-state index contributed by atoms with van der Waals surface area (Å²) in [4.78, 5) is 29.2. The van der Waals surface area contributed by atoms with Gasteiger partial charge in [-0.15, -0.1) is 0 Å². The quantitative estimate of drug-likeness (QED) is 0.536. The van der Waals surface area contributed by atoms with Crippen molar-refractivity contribution in [3.63, 3.8) is 0 Å². The first-order chi connectivity index (χ1) is 13.5. The van der Waals surface area contributed by atoms with E-state index < -0.39 is 18.0 Å². The molecule has 0 aliphatic carbocycles. The highest BCUT2D eigenvalue weighted by atomic mass is 32.2. The second-order valence-electron chi connectivity index (χ2n) is 5.88. The Balaban J connectivity index is 1.99. The monoisotopic (exact) mass is 403 g/mol. The predicted octanol–water partition coefficient (Wildman–Crippen LogP) is 1.79. The Bertz CT molecular complexity index is 911. The van der Waals surface area contributed by atoms with Crippen LogP contribution < -0.4 is 15.4 Å². The SMILES string of the molecule is CCOC(=O)C1=C(CSc2ncnn2C)NC(=O)NC1c1cccc(OC)c1. The summed E-state index contributed by atoms with van der Waals surface area (Å²) in [5, 5.41) is 10.2. The molecule has 0 fully saturated rings. The molecule has 0 radical (unpaired) electrons. The molecule has 3 rings (SSSR count). The highest BCUT2D eigenvalue weighted by molar-refractivity contribution is 7.99. The van der Waals surface area contributed by atoms with Crippen LogP contribution in [0.3, 0.4) is 0 Å². The zero-order chi connectivity index (χ0) is 20.1. The number of methoxy groups -OCH3 is 1. The number of aryl methyl sites for hydroxylation is 1. The number of nitrogens with zero attached hydrogens (tertiary/aromatic N) is 3. The number of amides is 2. The van der Waals surface area contributed by atoms with E-state index in [1.807, 2.05) is 6.07 Å². The summed E-state index contributed by atoms with van der Waals surface area (Å²) in [6.45, 7) is 1.96. The van der Waals surface area contributed by atoms with Crippen molar-refractivity contribution in [2.24, 2.45) is 7.05 Å². The molecule has 1 aliphatic rings. The van der Waals surface area contributed by atoms with E-state index in [0.29, 0.717) is 27.9 Å². The fourth-order valence-corrected chi connectivity index (χ4v) is 3.66. The first-order valence-electron chi connectivity index (χ1n) is 8.62. The smallest absolute Gasteiger partial charge is 0.338 e. The van der Waals surface area contributed by atoms with Crippen LogP contribution in [-0.2, 0) is 16.6 Å². The van der Waals surface area contributed by atoms with Crippen LogP contribution in [0.1, 0.15) is 18.5 Å². The first-order valence-corrected chi connectivity index (χ1v) is 9.60. The molecule has 0 spiro atoms. The number of rotatable bonds is 7. The van der Waals surface area contributed by atoms with E-state index in [2.05, 4.69) is 20.7 Å². The number of esters is 1. The molecule has 1 aliphatic heterocycles. The van der Waals surface area contributed by atoms with Gasteiger partial charge in [-0.3, -0.25) is 0 Å². The van der Waals surface area contributed by atoms with E-state index in [1.165, 1.54) is 18.1 Å². The maximum atomic E-state index is 12.7. The summed E-state index contributed by atoms with van der Waals surface area (Å²) < 4.78 is 12.1. The maximum absolute atomic E-state index is 12.7. The summed E-state index contributed by atoms with van der Waals surface area (Å²) in [6, 6.07) is 6.16. The number of benzene rings is 1. The molecule has 2 N–H and O–H groups in total. The number of aromatic nitrogens is 3. The van der Waals surface area contributed by atoms with Crippen LogP contribution in [-0.4, -0.2) is 46.2 Å². The van der Waals surface area contributed by atoms with Gasteiger partial charge >= 0.3 is 12.0 Å². The van der Waals surface area contributed by atoms with E-state index in [4.69, 9.17) is 9.47 Å². The van der Waals surface area contributed by atoms with E-state index in [-0.39, 0.29) is 6.61 Å². The van der Waals surface area contributed by atoms with Gasteiger partial charge in [-0.05, 0) is 24.6 Å². The van der Waals surface area contributed by atoms with Crippen molar-refractivity contribution in [2.75, 3.05) is 19.5 Å². The molecule has 1 aromatic carbocycles. The average molecular weight is 403 g/mol. The zero-order valence-electron chi connectivity index (χ0n) is 15.8. The topological polar surface area (TPSA) is 107 Å². The Morgan fingerprint density at radius 2 is 2.21 bits per heavy atom. The fraction of sp³-hybridized carbons (Fsp3) is 0.333. The molecule has 0 bridgehead atoms. The van der Waals surface area contributed by atoms with Gasteiger partial charge in [0, 0.05) is 18.5 Å². The Kier molecular flexibility index (Phi) is 6.19. The Morgan fingerprint density at radius 1 is 1.39 bits per heavy atom. The lowest BCUT2D eigenvalue weighted by Gasteiger charge is -2.29. The van der Waals surface area contributed by atoms with Crippen molar-refractivity contribution in [1.82, 2.24) is 25.4 Å². The molecular formula is C18H21N5O4S. The number of hydrogen-bond donors (Lipinski definition) is 2. The molecule has 10 heteroatoms. The number of hydrogen-bond acceptors (Lipinski definition) is 7. The van der Waals surface area contributed by atoms with Crippen LogP contribution >= 0.6 is 11.8 Å². The molecule has 28 heavy (non-hydrogen) atoms. The molecule has 0 saturated carbocycles. The maximum Gasteiger partial charge on any atom is 0.338 e. The molecule has 2 heterocycles. The van der Waals surface area contributed by atoms with Crippen molar-refractivity contribution < 1.29 is 19.1 Å². The highest BCUT2D eigenvalue weighted by Gasteiger charge is 2.34. The molecule has 1 atom stereocenters. The third-order valence-corrected chi connectivity index (χ3v) is 5.15. The summed E-state index contributed by atoms with van der Waals surface area (Å²) in [5.41, 5.74) is 1.55. The van der Waals surface area contributed by atoms with Gasteiger partial charge in [-0.25, -0.2) is 19.3 Å². The molecular weight excluding hydrogens is 382 g/mol. The molecule has 9 nitrogen and oxygen atoms in total. The van der Waals surface area contributed by atoms with Crippen LogP contribution in [0.2, 0.25) is 0 Å². The van der Waals surface area contributed by atoms with Crippen LogP contribution in [0.4, 0.5) is 4.79 Å². The second kappa shape index (κ2) is 8.79. The highest BCUT2D eigenvalue weighted by Crippen LogP contribution is 2.31. The van der Waals surface area contributed by atoms with Crippen molar-refractivity contribution in [3.8, 4) is 5.75 Å². The summed E-state index contributed by atoms with van der Waals surface area (Å²) in [5.74, 6) is 0.467. The number of thioether (sulfide) groups is 1. The van der Waals surface area contributed by atoms with Gasteiger partial charge in [0.2, 0.25) is 0 Å². The minimum atomic E-state index is -0.655. The standard InChI is InChI=1S/C18H21N5O4S/c1-4-27-16(24)14-13(9-28-18-19-10-20-23(18)2)21-17(25)22-15(14)11-6-5-7-12(8-11)26-3/h5-8,10,15H,4,9H2,1-3H3,(H2,21,22,25). The number of ether oxygens (including phenoxy) is 2. The van der Waals surface area contributed by atoms with Gasteiger partial charge in [0.1, 0.15) is 12.1 Å². The second-order valence-corrected chi connectivity index (χ2v) is 6.82. The summed E-state index contributed by atoms with van der Waals surface area (Å²) in [6.07, 6.45) is 1.45. The van der Waals surface area contributed by atoms with Crippen LogP contribution in [0.5, 0.6) is 5.75 Å². The number of carbonyl (C=O) groups excluding carboxylic acids is 2. The van der Waals surface area contributed by atoms with Gasteiger partial charge in [0.15, 0.2) is 5.16 Å². The summed E-state index contributed by atoms with van der Waals surface area (Å²) in [7, 11) is 3.33. The largest absolute Gasteiger partial charge is 0.497 e. The van der Waals surface area contributed by atoms with Crippen LogP contribution in [0, 0.1) is 0 Å². The first kappa shape index (κ1) is 19.7. The molecule has 0 saturated heterocycles. The molecule has 148 valence electrons. The third kappa shape index (κ3) is 4.28. The van der Waals surface area contributed by atoms with E-state index in [1.54, 1.807) is 44.0 Å². The number of urea groups is 1. The molecule has 2 aromatic rings. The Hall–Kier alpha value is -3.01. The minimum Gasteiger partial charge on any atom is -0.497 e. The zero-order valence-corrected chi connectivity index (χ0v) is 16.6. The fourth-order valence-electron chi connectivity index (χ4n) is 2.81. The van der Waals surface area contributed by atoms with E-state index >= 15 is 0 Å². The number of nitrogens with one attached hydrogen (secondary N) is 2. The van der Waals surface area contributed by atoms with E-state index in [9.17, 15) is 9.59 Å². The molecule has 1 unspecified atom stereocenters. The normalized spacial score (nSPS) is 16.4. The van der Waals surface area contributed by atoms with E-state index in [0.717, 1.165) is 5.56 Å².